The van der Waals surface area contributed by atoms with E-state index in [-0.39, 0.29) is 11.8 Å². The van der Waals surface area contributed by atoms with Crippen LogP contribution in [0.4, 0.5) is 5.88 Å². The number of hydrogen-bond donors (Lipinski definition) is 1. The first-order valence-electron chi connectivity index (χ1n) is 7.99. The van der Waals surface area contributed by atoms with Gasteiger partial charge in [-0.05, 0) is 42.7 Å². The second-order valence-corrected chi connectivity index (χ2v) is 7.46. The molecule has 142 valence electrons. The van der Waals surface area contributed by atoms with E-state index >= 15 is 0 Å². The third kappa shape index (κ3) is 3.34. The lowest BCUT2D eigenvalue weighted by Crippen LogP contribution is -2.52. The van der Waals surface area contributed by atoms with E-state index in [4.69, 9.17) is 4.42 Å². The number of amides is 1. The standard InChI is InChI=1S/C17H12BrN5O4S/c1-28-17-20-16(24)15-11-8-9(18)2-5-12(11)19-13(22(15)21-17)6-3-10-4-7-14(27-10)23(25)26/h2-8,13H,1H3,(H,20,21,24)/b6-3+. The van der Waals surface area contributed by atoms with Crippen molar-refractivity contribution in [2.24, 2.45) is 10.1 Å². The number of halogens is 1. The summed E-state index contributed by atoms with van der Waals surface area (Å²) in [5.74, 6) is -0.316. The second-order valence-electron chi connectivity index (χ2n) is 5.75. The van der Waals surface area contributed by atoms with Crippen molar-refractivity contribution in [2.75, 3.05) is 6.26 Å². The fraction of sp³-hybridized carbons (Fsp3) is 0.118. The summed E-state index contributed by atoms with van der Waals surface area (Å²) in [5.41, 5.74) is 0.379. The first-order valence-corrected chi connectivity index (χ1v) is 10.0. The molecule has 1 aromatic heterocycles. The number of hydrogen-bond acceptors (Lipinski definition) is 8. The van der Waals surface area contributed by atoms with Crippen molar-refractivity contribution in [3.63, 3.8) is 0 Å². The smallest absolute Gasteiger partial charge is 0.401 e. The first-order chi connectivity index (χ1) is 13.5. The van der Waals surface area contributed by atoms with Crippen LogP contribution in [0.2, 0.25) is 0 Å². The number of benzene rings is 1. The minimum atomic E-state index is -0.610. The molecule has 1 atom stereocenters. The molecule has 0 radical (unpaired) electrons. The molecule has 1 unspecified atom stereocenters. The molecule has 2 aliphatic rings. The minimum absolute atomic E-state index is 0.277. The second kappa shape index (κ2) is 7.24. The normalized spacial score (nSPS) is 18.3. The van der Waals surface area contributed by atoms with E-state index in [1.54, 1.807) is 12.2 Å². The number of carbonyl (C=O) groups excluding carboxylic acids is 1. The summed E-state index contributed by atoms with van der Waals surface area (Å²) >= 11 is 4.72. The monoisotopic (exact) mass is 461 g/mol. The van der Waals surface area contributed by atoms with Crippen molar-refractivity contribution in [1.82, 2.24) is 10.3 Å². The van der Waals surface area contributed by atoms with Crippen LogP contribution in [0.3, 0.4) is 0 Å². The van der Waals surface area contributed by atoms with Crippen LogP contribution in [0.1, 0.15) is 5.76 Å². The molecule has 1 N–H and O–H groups in total. The Morgan fingerprint density at radius 2 is 2.21 bits per heavy atom. The van der Waals surface area contributed by atoms with Crippen molar-refractivity contribution in [2.45, 2.75) is 6.17 Å². The van der Waals surface area contributed by atoms with Crippen LogP contribution in [-0.4, -0.2) is 33.4 Å². The predicted molar refractivity (Wildman–Crippen MR) is 107 cm³/mol. The lowest BCUT2D eigenvalue weighted by atomic mass is 10.1. The molecule has 0 saturated carbocycles. The van der Waals surface area contributed by atoms with Gasteiger partial charge >= 0.3 is 5.88 Å². The van der Waals surface area contributed by atoms with Gasteiger partial charge in [0.2, 0.25) is 0 Å². The van der Waals surface area contributed by atoms with Gasteiger partial charge in [-0.3, -0.25) is 25.2 Å². The number of thioether (sulfide) groups is 1. The largest absolute Gasteiger partial charge is 0.433 e. The molecule has 0 fully saturated rings. The first kappa shape index (κ1) is 18.4. The molecule has 4 rings (SSSR count). The number of fused-ring (bicyclic) bond motifs is 2. The summed E-state index contributed by atoms with van der Waals surface area (Å²) in [4.78, 5) is 27.5. The molecule has 28 heavy (non-hydrogen) atoms. The summed E-state index contributed by atoms with van der Waals surface area (Å²) in [5, 5.41) is 21.3. The maximum atomic E-state index is 12.7. The third-order valence-corrected chi connectivity index (χ3v) is 5.08. The Balaban J connectivity index is 1.81. The molecule has 1 amide bonds. The van der Waals surface area contributed by atoms with Crippen LogP contribution in [0, 0.1) is 10.1 Å². The lowest BCUT2D eigenvalue weighted by molar-refractivity contribution is -0.402. The summed E-state index contributed by atoms with van der Waals surface area (Å²) in [6.45, 7) is 0. The van der Waals surface area contributed by atoms with Gasteiger partial charge in [-0.25, -0.2) is 5.01 Å². The maximum Gasteiger partial charge on any atom is 0.433 e. The zero-order valence-corrected chi connectivity index (χ0v) is 16.7. The molecule has 11 heteroatoms. The molecule has 2 aliphatic heterocycles. The number of carbonyl (C=O) groups is 1. The van der Waals surface area contributed by atoms with Crippen LogP contribution in [0.25, 0.3) is 11.8 Å². The molecule has 1 aromatic carbocycles. The van der Waals surface area contributed by atoms with Crippen molar-refractivity contribution in [1.29, 1.82) is 0 Å². The molecule has 9 nitrogen and oxygen atoms in total. The summed E-state index contributed by atoms with van der Waals surface area (Å²) < 4.78 is 5.96. The van der Waals surface area contributed by atoms with E-state index in [0.717, 1.165) is 4.47 Å². The highest BCUT2D eigenvalue weighted by molar-refractivity contribution is 9.10. The van der Waals surface area contributed by atoms with Gasteiger partial charge in [-0.2, -0.15) is 0 Å². The average Bonchev–Trinajstić information content (AvgIpc) is 3.15. The van der Waals surface area contributed by atoms with Gasteiger partial charge in [0, 0.05) is 9.69 Å². The van der Waals surface area contributed by atoms with Crippen molar-refractivity contribution < 1.29 is 14.1 Å². The highest BCUT2D eigenvalue weighted by atomic mass is 79.9. The summed E-state index contributed by atoms with van der Waals surface area (Å²) in [6.07, 6.45) is 4.44. The van der Waals surface area contributed by atoms with Crippen LogP contribution >= 0.6 is 27.7 Å². The Morgan fingerprint density at radius 3 is 2.93 bits per heavy atom. The van der Waals surface area contributed by atoms with E-state index in [1.165, 1.54) is 28.9 Å². The zero-order valence-electron chi connectivity index (χ0n) is 14.3. The summed E-state index contributed by atoms with van der Waals surface area (Å²) in [7, 11) is 0. The van der Waals surface area contributed by atoms with Gasteiger partial charge < -0.3 is 4.42 Å². The summed E-state index contributed by atoms with van der Waals surface area (Å²) in [6, 6.07) is 8.24. The number of rotatable bonds is 3. The quantitative estimate of drug-likeness (QED) is 0.550. The van der Waals surface area contributed by atoms with E-state index in [0.29, 0.717) is 27.2 Å². The molecule has 3 heterocycles. The minimum Gasteiger partial charge on any atom is -0.401 e. The molecular weight excluding hydrogens is 450 g/mol. The zero-order chi connectivity index (χ0) is 19.8. The number of hydrazone groups is 1. The number of nitro groups is 1. The number of nitrogens with zero attached hydrogens (tertiary/aromatic N) is 4. The Bertz CT molecular complexity index is 1170. The Hall–Kier alpha value is -2.92. The van der Waals surface area contributed by atoms with Crippen molar-refractivity contribution in [3.8, 4) is 0 Å². The van der Waals surface area contributed by atoms with Gasteiger partial charge in [0.25, 0.3) is 5.91 Å². The van der Waals surface area contributed by atoms with Crippen LogP contribution < -0.4 is 15.9 Å². The van der Waals surface area contributed by atoms with E-state index in [9.17, 15) is 14.9 Å². The predicted octanol–water partition coefficient (Wildman–Crippen LogP) is 1.80. The highest BCUT2D eigenvalue weighted by Crippen LogP contribution is 2.23. The van der Waals surface area contributed by atoms with E-state index < -0.39 is 11.1 Å². The molecule has 0 spiro atoms. The topological polar surface area (TPSA) is 113 Å². The van der Waals surface area contributed by atoms with Crippen LogP contribution in [-0.2, 0) is 4.79 Å². The van der Waals surface area contributed by atoms with Gasteiger partial charge in [-0.1, -0.05) is 27.7 Å². The fourth-order valence-electron chi connectivity index (χ4n) is 2.81. The third-order valence-electron chi connectivity index (χ3n) is 4.02. The Labute approximate surface area is 170 Å². The van der Waals surface area contributed by atoms with Gasteiger partial charge in [0.05, 0.1) is 11.4 Å². The average molecular weight is 462 g/mol. The number of furan rings is 1. The SMILES string of the molecule is CSC1=NN2C(=c3cc(Br)ccc3=NC2/C=C/c2ccc([N+](=O)[O-])o2)C(=O)N1. The lowest BCUT2D eigenvalue weighted by Gasteiger charge is -2.32. The Morgan fingerprint density at radius 1 is 1.39 bits per heavy atom. The Kier molecular flexibility index (Phi) is 4.77. The maximum absolute atomic E-state index is 12.7. The van der Waals surface area contributed by atoms with Gasteiger partial charge in [0.1, 0.15) is 16.4 Å². The molecule has 2 aromatic rings. The molecule has 0 aliphatic carbocycles. The van der Waals surface area contributed by atoms with Crippen molar-refractivity contribution >= 4 is 56.4 Å². The van der Waals surface area contributed by atoms with Crippen LogP contribution in [0.15, 0.2) is 55.4 Å². The number of amidine groups is 1. The van der Waals surface area contributed by atoms with E-state index in [2.05, 4.69) is 31.3 Å². The molecule has 0 bridgehead atoms. The van der Waals surface area contributed by atoms with Gasteiger partial charge in [-0.15, -0.1) is 5.10 Å². The van der Waals surface area contributed by atoms with Gasteiger partial charge in [0.15, 0.2) is 11.3 Å². The highest BCUT2D eigenvalue weighted by Gasteiger charge is 2.32. The van der Waals surface area contributed by atoms with Crippen LogP contribution in [0.5, 0.6) is 0 Å². The fourth-order valence-corrected chi connectivity index (χ4v) is 3.53. The molecule has 0 saturated heterocycles. The molecular formula is C17H12BrN5O4S. The number of nitrogens with one attached hydrogen (secondary N) is 1. The van der Waals surface area contributed by atoms with E-state index in [1.807, 2.05) is 24.5 Å². The van der Waals surface area contributed by atoms with Crippen molar-refractivity contribution in [3.05, 3.63) is 67.3 Å².